The average molecular weight is 342 g/mol. The third-order valence-corrected chi connectivity index (χ3v) is 4.47. The van der Waals surface area contributed by atoms with E-state index in [0.717, 1.165) is 25.9 Å². The van der Waals surface area contributed by atoms with Crippen molar-refractivity contribution in [2.45, 2.75) is 18.9 Å². The second kappa shape index (κ2) is 8.38. The zero-order chi connectivity index (χ0) is 16.8. The lowest BCUT2D eigenvalue weighted by atomic mass is 10.1. The van der Waals surface area contributed by atoms with Crippen LogP contribution in [0.15, 0.2) is 12.1 Å². The van der Waals surface area contributed by atoms with Gasteiger partial charge in [-0.15, -0.1) is 0 Å². The number of nitrogens with two attached hydrogens (primary N) is 1. The Morgan fingerprint density at radius 1 is 1.48 bits per heavy atom. The number of hydrogen-bond donors (Lipinski definition) is 2. The highest BCUT2D eigenvalue weighted by atomic mass is 35.5. The Bertz CT molecular complexity index is 554. The number of nitrogen functional groups attached to an aromatic ring is 1. The Kier molecular flexibility index (Phi) is 6.50. The molecular weight excluding hydrogens is 318 g/mol. The molecule has 1 unspecified atom stereocenters. The molecule has 0 radical (unpaired) electrons. The van der Waals surface area contributed by atoms with Gasteiger partial charge in [0.05, 0.1) is 30.0 Å². The number of benzene rings is 1. The average Bonchev–Trinajstić information content (AvgIpc) is 3.00. The number of carbonyl (C=O) groups excluding carboxylic acids is 1. The van der Waals surface area contributed by atoms with E-state index in [9.17, 15) is 4.79 Å². The lowest BCUT2D eigenvalue weighted by Crippen LogP contribution is -2.41. The van der Waals surface area contributed by atoms with Gasteiger partial charge in [-0.05, 0) is 25.5 Å². The van der Waals surface area contributed by atoms with Crippen molar-refractivity contribution in [3.8, 4) is 5.75 Å². The quantitative estimate of drug-likeness (QED) is 0.739. The summed E-state index contributed by atoms with van der Waals surface area (Å²) in [6, 6.07) is 3.45. The van der Waals surface area contributed by atoms with Crippen LogP contribution in [0.5, 0.6) is 5.75 Å². The fraction of sp³-hybridized carbons (Fsp3) is 0.562. The monoisotopic (exact) mass is 341 g/mol. The van der Waals surface area contributed by atoms with E-state index in [2.05, 4.69) is 10.2 Å². The highest BCUT2D eigenvalue weighted by Crippen LogP contribution is 2.28. The molecule has 1 aromatic rings. The van der Waals surface area contributed by atoms with Gasteiger partial charge in [0.15, 0.2) is 0 Å². The molecule has 128 valence electrons. The van der Waals surface area contributed by atoms with Crippen LogP contribution in [0.1, 0.15) is 23.2 Å². The molecule has 1 atom stereocenters. The molecule has 1 saturated heterocycles. The van der Waals surface area contributed by atoms with E-state index in [1.807, 2.05) is 0 Å². The van der Waals surface area contributed by atoms with Crippen molar-refractivity contribution >= 4 is 23.2 Å². The molecule has 1 fully saturated rings. The summed E-state index contributed by atoms with van der Waals surface area (Å²) in [5.74, 6) is 0.217. The molecule has 0 aromatic heterocycles. The van der Waals surface area contributed by atoms with E-state index in [-0.39, 0.29) is 5.91 Å². The summed E-state index contributed by atoms with van der Waals surface area (Å²) in [5, 5.41) is 3.31. The number of rotatable bonds is 7. The zero-order valence-corrected chi connectivity index (χ0v) is 14.4. The van der Waals surface area contributed by atoms with Crippen LogP contribution in [0.4, 0.5) is 5.69 Å². The summed E-state index contributed by atoms with van der Waals surface area (Å²) >= 11 is 6.01. The summed E-state index contributed by atoms with van der Waals surface area (Å²) in [6.07, 6.45) is 2.21. The third kappa shape index (κ3) is 4.50. The Balaban J connectivity index is 1.98. The summed E-state index contributed by atoms with van der Waals surface area (Å²) in [6.45, 7) is 3.22. The summed E-state index contributed by atoms with van der Waals surface area (Å²) in [4.78, 5) is 14.8. The highest BCUT2D eigenvalue weighted by molar-refractivity contribution is 6.33. The maximum Gasteiger partial charge on any atom is 0.255 e. The first-order valence-corrected chi connectivity index (χ1v) is 8.08. The Labute approximate surface area is 141 Å². The van der Waals surface area contributed by atoms with Gasteiger partial charge in [-0.1, -0.05) is 11.6 Å². The molecule has 1 aliphatic rings. The van der Waals surface area contributed by atoms with Crippen molar-refractivity contribution < 1.29 is 14.3 Å². The molecular formula is C16H24ClN3O3. The van der Waals surface area contributed by atoms with E-state index in [0.29, 0.717) is 41.2 Å². The van der Waals surface area contributed by atoms with Gasteiger partial charge in [-0.2, -0.15) is 0 Å². The van der Waals surface area contributed by atoms with Crippen LogP contribution in [0.2, 0.25) is 5.02 Å². The van der Waals surface area contributed by atoms with E-state index in [1.165, 1.54) is 7.11 Å². The first kappa shape index (κ1) is 17.8. The van der Waals surface area contributed by atoms with Crippen LogP contribution in [-0.4, -0.2) is 57.3 Å². The lowest BCUT2D eigenvalue weighted by molar-refractivity contribution is 0.0930. The SMILES string of the molecule is COCCN1CCCC1CNC(=O)c1cc(Cl)c(N)cc1OC. The van der Waals surface area contributed by atoms with Gasteiger partial charge >= 0.3 is 0 Å². The van der Waals surface area contributed by atoms with Gasteiger partial charge in [0.2, 0.25) is 0 Å². The Morgan fingerprint density at radius 3 is 2.96 bits per heavy atom. The van der Waals surface area contributed by atoms with E-state index in [1.54, 1.807) is 19.2 Å². The van der Waals surface area contributed by atoms with Gasteiger partial charge in [0, 0.05) is 32.3 Å². The summed E-state index contributed by atoms with van der Waals surface area (Å²) in [7, 11) is 3.20. The Morgan fingerprint density at radius 2 is 2.26 bits per heavy atom. The number of likely N-dealkylation sites (tertiary alicyclic amines) is 1. The van der Waals surface area contributed by atoms with Gasteiger partial charge in [-0.3, -0.25) is 9.69 Å². The third-order valence-electron chi connectivity index (χ3n) is 4.14. The van der Waals surface area contributed by atoms with Gasteiger partial charge in [0.25, 0.3) is 5.91 Å². The minimum Gasteiger partial charge on any atom is -0.496 e. The van der Waals surface area contributed by atoms with Crippen LogP contribution in [0.3, 0.4) is 0 Å². The molecule has 2 rings (SSSR count). The summed E-state index contributed by atoms with van der Waals surface area (Å²) in [5.41, 5.74) is 6.53. The number of halogens is 1. The number of methoxy groups -OCH3 is 2. The lowest BCUT2D eigenvalue weighted by Gasteiger charge is -2.24. The maximum atomic E-state index is 12.4. The highest BCUT2D eigenvalue weighted by Gasteiger charge is 2.25. The normalized spacial score (nSPS) is 18.1. The molecule has 6 nitrogen and oxygen atoms in total. The maximum absolute atomic E-state index is 12.4. The van der Waals surface area contributed by atoms with Crippen LogP contribution in [0.25, 0.3) is 0 Å². The molecule has 0 aliphatic carbocycles. The van der Waals surface area contributed by atoms with Crippen molar-refractivity contribution in [1.29, 1.82) is 0 Å². The number of amides is 1. The number of carbonyl (C=O) groups is 1. The van der Waals surface area contributed by atoms with E-state index < -0.39 is 0 Å². The minimum atomic E-state index is -0.206. The van der Waals surface area contributed by atoms with Crippen molar-refractivity contribution in [1.82, 2.24) is 10.2 Å². The largest absolute Gasteiger partial charge is 0.496 e. The van der Waals surface area contributed by atoms with Crippen LogP contribution in [0, 0.1) is 0 Å². The van der Waals surface area contributed by atoms with Gasteiger partial charge in [0.1, 0.15) is 5.75 Å². The standard InChI is InChI=1S/C16H24ClN3O3/c1-22-7-6-20-5-3-4-11(20)10-19-16(21)12-8-13(17)14(18)9-15(12)23-2/h8-9,11H,3-7,10,18H2,1-2H3,(H,19,21). The molecule has 1 aromatic carbocycles. The predicted molar refractivity (Wildman–Crippen MR) is 91.2 cm³/mol. The fourth-order valence-electron chi connectivity index (χ4n) is 2.85. The molecule has 1 amide bonds. The van der Waals surface area contributed by atoms with Crippen LogP contribution < -0.4 is 15.8 Å². The first-order chi connectivity index (χ1) is 11.1. The second-order valence-electron chi connectivity index (χ2n) is 5.61. The molecule has 7 heteroatoms. The number of ether oxygens (including phenoxy) is 2. The molecule has 0 spiro atoms. The molecule has 1 aliphatic heterocycles. The predicted octanol–water partition coefficient (Wildman–Crippen LogP) is 1.77. The topological polar surface area (TPSA) is 76.8 Å². The number of nitrogens with one attached hydrogen (secondary N) is 1. The Hall–Kier alpha value is -1.50. The molecule has 0 saturated carbocycles. The smallest absolute Gasteiger partial charge is 0.255 e. The number of anilines is 1. The molecule has 3 N–H and O–H groups in total. The van der Waals surface area contributed by atoms with E-state index in [4.69, 9.17) is 26.8 Å². The zero-order valence-electron chi connectivity index (χ0n) is 13.6. The minimum absolute atomic E-state index is 0.206. The summed E-state index contributed by atoms with van der Waals surface area (Å²) < 4.78 is 10.4. The van der Waals surface area contributed by atoms with Gasteiger partial charge < -0.3 is 20.5 Å². The van der Waals surface area contributed by atoms with Crippen LogP contribution in [-0.2, 0) is 4.74 Å². The number of hydrogen-bond acceptors (Lipinski definition) is 5. The van der Waals surface area contributed by atoms with Gasteiger partial charge in [-0.25, -0.2) is 0 Å². The van der Waals surface area contributed by atoms with E-state index >= 15 is 0 Å². The van der Waals surface area contributed by atoms with Crippen molar-refractivity contribution in [2.75, 3.05) is 46.2 Å². The molecule has 1 heterocycles. The first-order valence-electron chi connectivity index (χ1n) is 7.71. The van der Waals surface area contributed by atoms with Crippen molar-refractivity contribution in [2.24, 2.45) is 0 Å². The van der Waals surface area contributed by atoms with Crippen molar-refractivity contribution in [3.63, 3.8) is 0 Å². The molecule has 0 bridgehead atoms. The number of nitrogens with zero attached hydrogens (tertiary/aromatic N) is 1. The molecule has 23 heavy (non-hydrogen) atoms. The second-order valence-corrected chi connectivity index (χ2v) is 6.02. The van der Waals surface area contributed by atoms with Crippen molar-refractivity contribution in [3.05, 3.63) is 22.7 Å². The fourth-order valence-corrected chi connectivity index (χ4v) is 3.01. The van der Waals surface area contributed by atoms with Crippen LogP contribution >= 0.6 is 11.6 Å².